The molecule has 1 N–H and O–H groups in total. The van der Waals surface area contributed by atoms with Crippen LogP contribution < -0.4 is 5.32 Å². The average molecular weight is 307 g/mol. The number of rotatable bonds is 3. The van der Waals surface area contributed by atoms with E-state index in [4.69, 9.17) is 0 Å². The Kier molecular flexibility index (Phi) is 3.82. The number of thiophene rings is 1. The third kappa shape index (κ3) is 2.87. The minimum atomic E-state index is -0.314. The SMILES string of the molecule is Cc1cccc(NC(C#N)c2sccc2Br)c1. The van der Waals surface area contributed by atoms with Gasteiger partial charge in [0, 0.05) is 10.2 Å². The third-order valence-electron chi connectivity index (χ3n) is 2.37. The molecule has 86 valence electrons. The van der Waals surface area contributed by atoms with Gasteiger partial charge in [-0.3, -0.25) is 0 Å². The summed E-state index contributed by atoms with van der Waals surface area (Å²) in [5.41, 5.74) is 2.15. The minimum absolute atomic E-state index is 0.314. The van der Waals surface area contributed by atoms with Crippen LogP contribution >= 0.6 is 27.3 Å². The fourth-order valence-corrected chi connectivity index (χ4v) is 3.16. The Labute approximate surface area is 113 Å². The molecule has 0 aliphatic carbocycles. The first-order valence-corrected chi connectivity index (χ1v) is 6.83. The van der Waals surface area contributed by atoms with Gasteiger partial charge in [-0.15, -0.1) is 11.3 Å². The van der Waals surface area contributed by atoms with E-state index >= 15 is 0 Å². The molecule has 1 aromatic heterocycles. The number of nitrogens with one attached hydrogen (secondary N) is 1. The van der Waals surface area contributed by atoms with Crippen molar-refractivity contribution in [1.29, 1.82) is 5.26 Å². The molecule has 0 fully saturated rings. The number of nitrogens with zero attached hydrogens (tertiary/aromatic N) is 1. The standard InChI is InChI=1S/C13H11BrN2S/c1-9-3-2-4-10(7-9)16-12(8-15)13-11(14)5-6-17-13/h2-7,12,16H,1H3. The lowest BCUT2D eigenvalue weighted by atomic mass is 10.2. The Balaban J connectivity index is 2.23. The molecule has 1 unspecified atom stereocenters. The van der Waals surface area contributed by atoms with Gasteiger partial charge in [0.15, 0.2) is 6.04 Å². The fraction of sp³-hybridized carbons (Fsp3) is 0.154. The maximum atomic E-state index is 9.23. The molecule has 0 aliphatic heterocycles. The highest BCUT2D eigenvalue weighted by atomic mass is 79.9. The number of hydrogen-bond donors (Lipinski definition) is 1. The van der Waals surface area contributed by atoms with E-state index in [9.17, 15) is 5.26 Å². The van der Waals surface area contributed by atoms with Gasteiger partial charge in [0.1, 0.15) is 0 Å². The van der Waals surface area contributed by atoms with Gasteiger partial charge in [-0.2, -0.15) is 5.26 Å². The van der Waals surface area contributed by atoms with Crippen LogP contribution in [0.15, 0.2) is 40.2 Å². The van der Waals surface area contributed by atoms with Crippen LogP contribution in [0, 0.1) is 18.3 Å². The lowest BCUT2D eigenvalue weighted by Gasteiger charge is -2.12. The van der Waals surface area contributed by atoms with Crippen LogP contribution in [0.4, 0.5) is 5.69 Å². The first-order chi connectivity index (χ1) is 8.20. The van der Waals surface area contributed by atoms with E-state index in [-0.39, 0.29) is 6.04 Å². The van der Waals surface area contributed by atoms with E-state index in [1.54, 1.807) is 11.3 Å². The molecule has 1 heterocycles. The molecule has 0 saturated carbocycles. The molecule has 2 rings (SSSR count). The second-order valence-corrected chi connectivity index (χ2v) is 5.51. The number of hydrogen-bond acceptors (Lipinski definition) is 3. The quantitative estimate of drug-likeness (QED) is 0.906. The van der Waals surface area contributed by atoms with Gasteiger partial charge in [-0.05, 0) is 52.0 Å². The largest absolute Gasteiger partial charge is 0.365 e. The maximum Gasteiger partial charge on any atom is 0.150 e. The predicted octanol–water partition coefficient (Wildman–Crippen LogP) is 4.50. The molecule has 0 spiro atoms. The van der Waals surface area contributed by atoms with E-state index in [0.29, 0.717) is 0 Å². The zero-order valence-electron chi connectivity index (χ0n) is 9.27. The normalized spacial score (nSPS) is 11.8. The maximum absolute atomic E-state index is 9.23. The summed E-state index contributed by atoms with van der Waals surface area (Å²) in [4.78, 5) is 1.01. The van der Waals surface area contributed by atoms with Crippen LogP contribution in [0.25, 0.3) is 0 Å². The van der Waals surface area contributed by atoms with Crippen LogP contribution in [-0.4, -0.2) is 0 Å². The van der Waals surface area contributed by atoms with Crippen LogP contribution in [-0.2, 0) is 0 Å². The summed E-state index contributed by atoms with van der Waals surface area (Å²) in [5, 5.41) is 14.4. The molecule has 0 bridgehead atoms. The third-order valence-corrected chi connectivity index (χ3v) is 4.30. The molecule has 4 heteroatoms. The van der Waals surface area contributed by atoms with Gasteiger partial charge < -0.3 is 5.32 Å². The summed E-state index contributed by atoms with van der Waals surface area (Å²) in [7, 11) is 0. The van der Waals surface area contributed by atoms with Gasteiger partial charge in [-0.25, -0.2) is 0 Å². The van der Waals surface area contributed by atoms with Crippen LogP contribution in [0.3, 0.4) is 0 Å². The van der Waals surface area contributed by atoms with Crippen molar-refractivity contribution in [1.82, 2.24) is 0 Å². The van der Waals surface area contributed by atoms with Gasteiger partial charge in [0.2, 0.25) is 0 Å². The Morgan fingerprint density at radius 3 is 2.82 bits per heavy atom. The van der Waals surface area contributed by atoms with E-state index in [0.717, 1.165) is 15.0 Å². The van der Waals surface area contributed by atoms with Crippen molar-refractivity contribution < 1.29 is 0 Å². The first-order valence-electron chi connectivity index (χ1n) is 5.16. The Morgan fingerprint density at radius 1 is 1.41 bits per heavy atom. The van der Waals surface area contributed by atoms with E-state index in [1.807, 2.05) is 42.6 Å². The number of halogens is 1. The smallest absolute Gasteiger partial charge is 0.150 e. The van der Waals surface area contributed by atoms with Crippen molar-refractivity contribution in [2.75, 3.05) is 5.32 Å². The summed E-state index contributed by atoms with van der Waals surface area (Å²) in [6.45, 7) is 2.04. The van der Waals surface area contributed by atoms with Crippen molar-refractivity contribution in [3.05, 3.63) is 50.6 Å². The zero-order valence-corrected chi connectivity index (χ0v) is 11.7. The number of aryl methyl sites for hydroxylation is 1. The molecule has 0 radical (unpaired) electrons. The van der Waals surface area contributed by atoms with Crippen LogP contribution in [0.5, 0.6) is 0 Å². The molecule has 1 aromatic carbocycles. The lowest BCUT2D eigenvalue weighted by Crippen LogP contribution is -2.07. The molecule has 1 atom stereocenters. The van der Waals surface area contributed by atoms with Crippen molar-refractivity contribution in [2.24, 2.45) is 0 Å². The number of anilines is 1. The number of benzene rings is 1. The molecule has 0 saturated heterocycles. The minimum Gasteiger partial charge on any atom is -0.365 e. The molecule has 0 amide bonds. The summed E-state index contributed by atoms with van der Waals surface area (Å²) in [6, 6.07) is 12.0. The van der Waals surface area contributed by atoms with Gasteiger partial charge in [0.05, 0.1) is 10.9 Å². The summed E-state index contributed by atoms with van der Waals surface area (Å²) in [5.74, 6) is 0. The van der Waals surface area contributed by atoms with Crippen molar-refractivity contribution >= 4 is 33.0 Å². The van der Waals surface area contributed by atoms with Gasteiger partial charge in [0.25, 0.3) is 0 Å². The molecular weight excluding hydrogens is 296 g/mol. The fourth-order valence-electron chi connectivity index (χ4n) is 1.57. The molecule has 0 aliphatic rings. The second-order valence-electron chi connectivity index (χ2n) is 3.71. The highest BCUT2D eigenvalue weighted by Crippen LogP contribution is 2.31. The van der Waals surface area contributed by atoms with Gasteiger partial charge >= 0.3 is 0 Å². The van der Waals surface area contributed by atoms with Crippen LogP contribution in [0.1, 0.15) is 16.5 Å². The number of nitriles is 1. The highest BCUT2D eigenvalue weighted by molar-refractivity contribution is 9.10. The van der Waals surface area contributed by atoms with E-state index < -0.39 is 0 Å². The molecule has 2 aromatic rings. The Bertz CT molecular complexity index is 557. The van der Waals surface area contributed by atoms with Crippen molar-refractivity contribution in [2.45, 2.75) is 13.0 Å². The second kappa shape index (κ2) is 5.35. The van der Waals surface area contributed by atoms with Crippen molar-refractivity contribution in [3.63, 3.8) is 0 Å². The molecule has 17 heavy (non-hydrogen) atoms. The van der Waals surface area contributed by atoms with E-state index in [1.165, 1.54) is 5.56 Å². The van der Waals surface area contributed by atoms with E-state index in [2.05, 4.69) is 27.3 Å². The Morgan fingerprint density at radius 2 is 2.24 bits per heavy atom. The summed E-state index contributed by atoms with van der Waals surface area (Å²) >= 11 is 5.03. The summed E-state index contributed by atoms with van der Waals surface area (Å²) < 4.78 is 0.981. The highest BCUT2D eigenvalue weighted by Gasteiger charge is 2.14. The Hall–Kier alpha value is -1.31. The van der Waals surface area contributed by atoms with Crippen molar-refractivity contribution in [3.8, 4) is 6.07 Å². The lowest BCUT2D eigenvalue weighted by molar-refractivity contribution is 1.02. The first kappa shape index (κ1) is 12.2. The topological polar surface area (TPSA) is 35.8 Å². The zero-order chi connectivity index (χ0) is 12.3. The molecule has 2 nitrogen and oxygen atoms in total. The predicted molar refractivity (Wildman–Crippen MR) is 75.2 cm³/mol. The average Bonchev–Trinajstić information content (AvgIpc) is 2.72. The van der Waals surface area contributed by atoms with Gasteiger partial charge in [-0.1, -0.05) is 12.1 Å². The summed E-state index contributed by atoms with van der Waals surface area (Å²) in [6.07, 6.45) is 0. The van der Waals surface area contributed by atoms with Crippen LogP contribution in [0.2, 0.25) is 0 Å². The monoisotopic (exact) mass is 306 g/mol. The molecular formula is C13H11BrN2S.